The van der Waals surface area contributed by atoms with Gasteiger partial charge in [-0.1, -0.05) is 13.8 Å². The number of nitrogens with two attached hydrogens (primary N) is 2. The lowest BCUT2D eigenvalue weighted by Crippen LogP contribution is -2.22. The smallest absolute Gasteiger partial charge is 0.236 e. The minimum atomic E-state index is -0.204. The van der Waals surface area contributed by atoms with Gasteiger partial charge >= 0.3 is 0 Å². The Morgan fingerprint density at radius 3 is 2.29 bits per heavy atom. The Hall–Kier alpha value is -1.91. The second-order valence-corrected chi connectivity index (χ2v) is 4.69. The van der Waals surface area contributed by atoms with E-state index in [9.17, 15) is 4.79 Å². The number of hydrogen-bond donors (Lipinski definition) is 2. The fourth-order valence-corrected chi connectivity index (χ4v) is 1.69. The molecule has 1 amide bonds. The second kappa shape index (κ2) is 5.43. The molecule has 0 bridgehead atoms. The molecule has 0 radical (unpaired) electrons. The number of pyridine rings is 1. The van der Waals surface area contributed by atoms with Gasteiger partial charge in [0.2, 0.25) is 6.41 Å². The van der Waals surface area contributed by atoms with Crippen molar-refractivity contribution in [2.45, 2.75) is 26.2 Å². The van der Waals surface area contributed by atoms with Crippen molar-refractivity contribution in [1.82, 2.24) is 4.98 Å². The van der Waals surface area contributed by atoms with Crippen molar-refractivity contribution in [1.29, 1.82) is 0 Å². The Balaban J connectivity index is 0.000000209. The van der Waals surface area contributed by atoms with Gasteiger partial charge in [0, 0.05) is 12.4 Å². The van der Waals surface area contributed by atoms with Gasteiger partial charge in [-0.15, -0.1) is 0 Å². The maximum Gasteiger partial charge on any atom is 0.236 e. The van der Waals surface area contributed by atoms with Crippen LogP contribution >= 0.6 is 0 Å². The molecule has 92 valence electrons. The summed E-state index contributed by atoms with van der Waals surface area (Å²) in [6.07, 6.45) is 5.37. The van der Waals surface area contributed by atoms with Gasteiger partial charge in [0.15, 0.2) is 5.96 Å². The van der Waals surface area contributed by atoms with Gasteiger partial charge in [0.05, 0.1) is 0 Å². The van der Waals surface area contributed by atoms with Gasteiger partial charge in [-0.25, -0.2) is 0 Å². The van der Waals surface area contributed by atoms with Gasteiger partial charge in [0.1, 0.15) is 0 Å². The van der Waals surface area contributed by atoms with Crippen LogP contribution in [0.25, 0.3) is 0 Å². The number of carbonyl (C=O) groups excluding carboxylic acids is 1. The van der Waals surface area contributed by atoms with Gasteiger partial charge < -0.3 is 11.5 Å². The molecule has 1 atom stereocenters. The van der Waals surface area contributed by atoms with Crippen molar-refractivity contribution < 1.29 is 4.79 Å². The van der Waals surface area contributed by atoms with E-state index in [4.69, 9.17) is 11.5 Å². The first kappa shape index (κ1) is 13.2. The van der Waals surface area contributed by atoms with Crippen molar-refractivity contribution in [2.75, 3.05) is 0 Å². The minimum absolute atomic E-state index is 0.204. The zero-order valence-corrected chi connectivity index (χ0v) is 10.1. The predicted molar refractivity (Wildman–Crippen MR) is 67.2 cm³/mol. The van der Waals surface area contributed by atoms with Gasteiger partial charge in [-0.3, -0.25) is 9.78 Å². The van der Waals surface area contributed by atoms with Crippen molar-refractivity contribution in [3.8, 4) is 0 Å². The number of rotatable bonds is 2. The summed E-state index contributed by atoms with van der Waals surface area (Å²) >= 11 is 0. The molecule has 1 fully saturated rings. The molecule has 1 heterocycles. The molecule has 1 aromatic rings. The van der Waals surface area contributed by atoms with E-state index in [1.165, 1.54) is 12.0 Å². The molecule has 1 aliphatic carbocycles. The van der Waals surface area contributed by atoms with Crippen molar-refractivity contribution in [2.24, 2.45) is 21.9 Å². The van der Waals surface area contributed by atoms with Crippen LogP contribution in [0.1, 0.15) is 31.7 Å². The molecule has 1 unspecified atom stereocenters. The molecular weight excluding hydrogens is 216 g/mol. The summed E-state index contributed by atoms with van der Waals surface area (Å²) in [5, 5.41) is 0. The van der Waals surface area contributed by atoms with Gasteiger partial charge in [-0.2, -0.15) is 4.99 Å². The summed E-state index contributed by atoms with van der Waals surface area (Å²) < 4.78 is 0. The number of aliphatic imine (C=N–C) groups is 1. The first-order valence-corrected chi connectivity index (χ1v) is 5.39. The number of carbonyl (C=O) groups is 1. The van der Waals surface area contributed by atoms with E-state index in [0.29, 0.717) is 5.41 Å². The Kier molecular flexibility index (Phi) is 4.20. The lowest BCUT2D eigenvalue weighted by Gasteiger charge is -2.01. The molecule has 0 aromatic carbocycles. The highest BCUT2D eigenvalue weighted by atomic mass is 16.1. The lowest BCUT2D eigenvalue weighted by molar-refractivity contribution is -0.106. The second-order valence-electron chi connectivity index (χ2n) is 4.69. The topological polar surface area (TPSA) is 94.4 Å². The molecular formula is C12H18N4O. The minimum Gasteiger partial charge on any atom is -0.370 e. The first-order chi connectivity index (χ1) is 7.97. The average Bonchev–Trinajstić information content (AvgIpc) is 2.90. The summed E-state index contributed by atoms with van der Waals surface area (Å²) in [4.78, 5) is 16.2. The number of amides is 1. The summed E-state index contributed by atoms with van der Waals surface area (Å²) in [5.41, 5.74) is 11.4. The van der Waals surface area contributed by atoms with E-state index in [1.54, 1.807) is 0 Å². The highest BCUT2D eigenvalue weighted by Gasteiger charge is 2.46. The van der Waals surface area contributed by atoms with Crippen LogP contribution in [0.5, 0.6) is 0 Å². The van der Waals surface area contributed by atoms with Crippen LogP contribution in [0.2, 0.25) is 0 Å². The Labute approximate surface area is 101 Å². The molecule has 2 rings (SSSR count). The van der Waals surface area contributed by atoms with Crippen LogP contribution < -0.4 is 11.5 Å². The number of hydrogen-bond acceptors (Lipinski definition) is 2. The van der Waals surface area contributed by atoms with Crippen LogP contribution in [0.3, 0.4) is 0 Å². The monoisotopic (exact) mass is 234 g/mol. The molecule has 0 spiro atoms. The summed E-state index contributed by atoms with van der Waals surface area (Å²) in [6.45, 7) is 4.64. The van der Waals surface area contributed by atoms with E-state index in [0.717, 1.165) is 5.92 Å². The molecule has 17 heavy (non-hydrogen) atoms. The van der Waals surface area contributed by atoms with Gasteiger partial charge in [-0.05, 0) is 35.4 Å². The molecule has 5 nitrogen and oxygen atoms in total. The summed E-state index contributed by atoms with van der Waals surface area (Å²) in [7, 11) is 0. The van der Waals surface area contributed by atoms with E-state index in [1.807, 2.05) is 12.4 Å². The van der Waals surface area contributed by atoms with E-state index < -0.39 is 0 Å². The normalized spacial score (nSPS) is 19.5. The van der Waals surface area contributed by atoms with Crippen LogP contribution in [-0.2, 0) is 4.79 Å². The quantitative estimate of drug-likeness (QED) is 0.453. The zero-order valence-electron chi connectivity index (χ0n) is 10.1. The SMILES string of the molecule is CC1(C)CC1c1ccncc1.NC(N)=NC=O. The highest BCUT2D eigenvalue weighted by Crippen LogP contribution is 2.58. The molecule has 4 N–H and O–H groups in total. The van der Waals surface area contributed by atoms with Crippen molar-refractivity contribution in [3.63, 3.8) is 0 Å². The number of nitrogens with zero attached hydrogens (tertiary/aromatic N) is 2. The standard InChI is InChI=1S/C10H13N.C2H5N3O/c1-10(2)7-9(10)8-3-5-11-6-4-8;3-2(4)5-1-6/h3-6,9H,7H2,1-2H3;1H,(H4,3,4,5,6). The van der Waals surface area contributed by atoms with Crippen molar-refractivity contribution >= 4 is 12.4 Å². The largest absolute Gasteiger partial charge is 0.370 e. The Morgan fingerprint density at radius 2 is 2.00 bits per heavy atom. The van der Waals surface area contributed by atoms with Gasteiger partial charge in [0.25, 0.3) is 0 Å². The fourth-order valence-electron chi connectivity index (χ4n) is 1.69. The number of guanidine groups is 1. The average molecular weight is 234 g/mol. The molecule has 0 aliphatic heterocycles. The van der Waals surface area contributed by atoms with Crippen LogP contribution in [0.4, 0.5) is 0 Å². The van der Waals surface area contributed by atoms with Crippen LogP contribution in [-0.4, -0.2) is 17.4 Å². The van der Waals surface area contributed by atoms with Crippen molar-refractivity contribution in [3.05, 3.63) is 30.1 Å². The van der Waals surface area contributed by atoms with E-state index in [2.05, 4.69) is 36.0 Å². The number of aromatic nitrogens is 1. The van der Waals surface area contributed by atoms with Crippen LogP contribution in [0.15, 0.2) is 29.5 Å². The summed E-state index contributed by atoms with van der Waals surface area (Å²) in [5.74, 6) is 0.579. The first-order valence-electron chi connectivity index (χ1n) is 5.39. The Morgan fingerprint density at radius 1 is 1.47 bits per heavy atom. The third-order valence-electron chi connectivity index (χ3n) is 2.82. The predicted octanol–water partition coefficient (Wildman–Crippen LogP) is 1.01. The van der Waals surface area contributed by atoms with E-state index >= 15 is 0 Å². The maximum atomic E-state index is 9.27. The molecule has 1 saturated carbocycles. The molecule has 0 saturated heterocycles. The molecule has 1 aliphatic rings. The highest BCUT2D eigenvalue weighted by molar-refractivity contribution is 5.82. The van der Waals surface area contributed by atoms with Crippen LogP contribution in [0, 0.1) is 5.41 Å². The molecule has 1 aromatic heterocycles. The molecule has 5 heteroatoms. The zero-order chi connectivity index (χ0) is 12.9. The third kappa shape index (κ3) is 4.22. The fraction of sp³-hybridized carbons (Fsp3) is 0.417. The van der Waals surface area contributed by atoms with E-state index in [-0.39, 0.29) is 12.4 Å². The summed E-state index contributed by atoms with van der Waals surface area (Å²) in [6, 6.07) is 4.25. The Bertz CT molecular complexity index is 396. The lowest BCUT2D eigenvalue weighted by atomic mass is 10.0. The maximum absolute atomic E-state index is 9.27. The third-order valence-corrected chi connectivity index (χ3v) is 2.82.